The van der Waals surface area contributed by atoms with Gasteiger partial charge in [-0.3, -0.25) is 4.98 Å². The van der Waals surface area contributed by atoms with Gasteiger partial charge in [0.1, 0.15) is 12.4 Å². The third-order valence-electron chi connectivity index (χ3n) is 3.92. The van der Waals surface area contributed by atoms with Gasteiger partial charge in [-0.1, -0.05) is 24.3 Å². The van der Waals surface area contributed by atoms with Gasteiger partial charge in [0.05, 0.1) is 5.52 Å². The molecule has 0 amide bonds. The van der Waals surface area contributed by atoms with Crippen LogP contribution in [0.2, 0.25) is 0 Å². The van der Waals surface area contributed by atoms with Gasteiger partial charge in [0.2, 0.25) is 0 Å². The van der Waals surface area contributed by atoms with Crippen molar-refractivity contribution in [1.29, 1.82) is 0 Å². The van der Waals surface area contributed by atoms with Crippen molar-refractivity contribution in [1.82, 2.24) is 9.40 Å². The predicted molar refractivity (Wildman–Crippen MR) is 88.9 cm³/mol. The molecule has 3 nitrogen and oxygen atoms in total. The van der Waals surface area contributed by atoms with E-state index in [9.17, 15) is 0 Å². The number of rotatable bonds is 1. The van der Waals surface area contributed by atoms with E-state index in [2.05, 4.69) is 29.2 Å². The standard InChI is InChI=1S/C18H15ClN2O/c19-21-7-8-22-18-6-5-13(9-16(18)12-21)15-10-14-3-1-2-4-17(14)20-11-15/h1-6,9-11H,7-8,12H2. The summed E-state index contributed by atoms with van der Waals surface area (Å²) in [4.78, 5) is 4.54. The summed E-state index contributed by atoms with van der Waals surface area (Å²) < 4.78 is 7.50. The highest BCUT2D eigenvalue weighted by Gasteiger charge is 2.14. The first-order chi connectivity index (χ1) is 10.8. The SMILES string of the molecule is ClN1CCOc2ccc(-c3cnc4ccccc4c3)cc2C1. The molecular formula is C18H15ClN2O. The number of hydrogen-bond donors (Lipinski definition) is 0. The lowest BCUT2D eigenvalue weighted by atomic mass is 10.0. The van der Waals surface area contributed by atoms with Crippen LogP contribution < -0.4 is 4.74 Å². The predicted octanol–water partition coefficient (Wildman–Crippen LogP) is 4.25. The first-order valence-corrected chi connectivity index (χ1v) is 7.65. The van der Waals surface area contributed by atoms with Crippen molar-refractivity contribution < 1.29 is 4.74 Å². The fourth-order valence-corrected chi connectivity index (χ4v) is 2.97. The van der Waals surface area contributed by atoms with E-state index in [0.717, 1.165) is 39.9 Å². The lowest BCUT2D eigenvalue weighted by Gasteiger charge is -2.11. The summed E-state index contributed by atoms with van der Waals surface area (Å²) in [6.45, 7) is 2.03. The molecule has 22 heavy (non-hydrogen) atoms. The summed E-state index contributed by atoms with van der Waals surface area (Å²) in [6, 6.07) is 16.5. The van der Waals surface area contributed by atoms with E-state index in [1.54, 1.807) is 4.42 Å². The third kappa shape index (κ3) is 2.54. The van der Waals surface area contributed by atoms with E-state index in [1.807, 2.05) is 30.5 Å². The fraction of sp³-hybridized carbons (Fsp3) is 0.167. The number of fused-ring (bicyclic) bond motifs is 2. The Labute approximate surface area is 134 Å². The summed E-state index contributed by atoms with van der Waals surface area (Å²) in [6.07, 6.45) is 1.92. The summed E-state index contributed by atoms with van der Waals surface area (Å²) >= 11 is 6.17. The number of para-hydroxylation sites is 1. The fourth-order valence-electron chi connectivity index (χ4n) is 2.77. The van der Waals surface area contributed by atoms with Crippen molar-refractivity contribution in [2.24, 2.45) is 0 Å². The number of nitrogens with zero attached hydrogens (tertiary/aromatic N) is 2. The minimum Gasteiger partial charge on any atom is -0.492 e. The van der Waals surface area contributed by atoms with E-state index in [4.69, 9.17) is 16.5 Å². The van der Waals surface area contributed by atoms with Gasteiger partial charge in [0, 0.05) is 35.8 Å². The molecule has 0 radical (unpaired) electrons. The molecule has 4 rings (SSSR count). The largest absolute Gasteiger partial charge is 0.492 e. The summed E-state index contributed by atoms with van der Waals surface area (Å²) in [7, 11) is 0. The molecule has 0 aliphatic carbocycles. The molecule has 0 fully saturated rings. The Morgan fingerprint density at radius 1 is 1.05 bits per heavy atom. The molecule has 1 aromatic heterocycles. The summed E-state index contributed by atoms with van der Waals surface area (Å²) in [5.74, 6) is 0.917. The summed E-state index contributed by atoms with van der Waals surface area (Å²) in [5.41, 5.74) is 4.36. The molecule has 1 aliphatic heterocycles. The van der Waals surface area contributed by atoms with Crippen LogP contribution >= 0.6 is 11.8 Å². The number of hydrogen-bond acceptors (Lipinski definition) is 3. The number of pyridine rings is 1. The smallest absolute Gasteiger partial charge is 0.123 e. The number of benzene rings is 2. The van der Waals surface area contributed by atoms with Crippen LogP contribution in [-0.4, -0.2) is 22.6 Å². The molecule has 0 bridgehead atoms. The Kier molecular flexibility index (Phi) is 3.45. The first kappa shape index (κ1) is 13.6. The van der Waals surface area contributed by atoms with Crippen LogP contribution in [0.3, 0.4) is 0 Å². The Hall–Kier alpha value is -2.10. The minimum atomic E-state index is 0.618. The highest BCUT2D eigenvalue weighted by atomic mass is 35.5. The Morgan fingerprint density at radius 3 is 2.91 bits per heavy atom. The molecule has 2 aromatic carbocycles. The third-order valence-corrected chi connectivity index (χ3v) is 4.21. The first-order valence-electron chi connectivity index (χ1n) is 7.31. The Balaban J connectivity index is 1.78. The molecule has 0 spiro atoms. The Bertz CT molecular complexity index is 834. The molecule has 1 aliphatic rings. The van der Waals surface area contributed by atoms with Crippen molar-refractivity contribution >= 4 is 22.7 Å². The van der Waals surface area contributed by atoms with Crippen LogP contribution in [0.25, 0.3) is 22.0 Å². The lowest BCUT2D eigenvalue weighted by Crippen LogP contribution is -2.14. The van der Waals surface area contributed by atoms with Gasteiger partial charge in [-0.15, -0.1) is 0 Å². The van der Waals surface area contributed by atoms with Crippen LogP contribution in [0.4, 0.5) is 0 Å². The van der Waals surface area contributed by atoms with Crippen molar-refractivity contribution in [3.63, 3.8) is 0 Å². The maximum Gasteiger partial charge on any atom is 0.123 e. The maximum absolute atomic E-state index is 6.17. The average Bonchev–Trinajstić information content (AvgIpc) is 2.74. The second-order valence-corrected chi connectivity index (χ2v) is 5.91. The van der Waals surface area contributed by atoms with Crippen LogP contribution in [0, 0.1) is 0 Å². The van der Waals surface area contributed by atoms with Crippen LogP contribution in [-0.2, 0) is 6.54 Å². The van der Waals surface area contributed by atoms with Gasteiger partial charge >= 0.3 is 0 Å². The number of halogens is 1. The van der Waals surface area contributed by atoms with Gasteiger partial charge in [0.15, 0.2) is 0 Å². The molecule has 0 N–H and O–H groups in total. The quantitative estimate of drug-likeness (QED) is 0.628. The molecule has 4 heteroatoms. The highest BCUT2D eigenvalue weighted by molar-refractivity contribution is 6.13. The molecule has 0 saturated heterocycles. The van der Waals surface area contributed by atoms with Crippen molar-refractivity contribution in [2.75, 3.05) is 13.2 Å². The zero-order valence-corrected chi connectivity index (χ0v) is 12.8. The molecular weight excluding hydrogens is 296 g/mol. The van der Waals surface area contributed by atoms with Crippen LogP contribution in [0.1, 0.15) is 5.56 Å². The summed E-state index contributed by atoms with van der Waals surface area (Å²) in [5, 5.41) is 1.14. The molecule has 0 atom stereocenters. The lowest BCUT2D eigenvalue weighted by molar-refractivity contribution is 0.298. The van der Waals surface area contributed by atoms with E-state index in [1.165, 1.54) is 0 Å². The molecule has 110 valence electrons. The van der Waals surface area contributed by atoms with Gasteiger partial charge < -0.3 is 4.74 Å². The number of aromatic nitrogens is 1. The normalized spacial score (nSPS) is 15.1. The van der Waals surface area contributed by atoms with Gasteiger partial charge in [-0.2, -0.15) is 0 Å². The van der Waals surface area contributed by atoms with E-state index >= 15 is 0 Å². The van der Waals surface area contributed by atoms with Gasteiger partial charge in [-0.05, 0) is 41.6 Å². The monoisotopic (exact) mass is 310 g/mol. The second-order valence-electron chi connectivity index (χ2n) is 5.43. The van der Waals surface area contributed by atoms with E-state index < -0.39 is 0 Å². The van der Waals surface area contributed by atoms with Gasteiger partial charge in [-0.25, -0.2) is 4.42 Å². The maximum atomic E-state index is 6.17. The van der Waals surface area contributed by atoms with E-state index in [0.29, 0.717) is 13.2 Å². The Morgan fingerprint density at radius 2 is 1.95 bits per heavy atom. The molecule has 0 unspecified atom stereocenters. The molecule has 0 saturated carbocycles. The second kappa shape index (κ2) is 5.59. The van der Waals surface area contributed by atoms with Gasteiger partial charge in [0.25, 0.3) is 0 Å². The van der Waals surface area contributed by atoms with Crippen molar-refractivity contribution in [3.05, 3.63) is 60.3 Å². The number of ether oxygens (including phenoxy) is 1. The molecule has 2 heterocycles. The van der Waals surface area contributed by atoms with Crippen LogP contribution in [0.5, 0.6) is 5.75 Å². The average molecular weight is 311 g/mol. The van der Waals surface area contributed by atoms with Crippen LogP contribution in [0.15, 0.2) is 54.7 Å². The zero-order chi connectivity index (χ0) is 14.9. The highest BCUT2D eigenvalue weighted by Crippen LogP contribution is 2.30. The minimum absolute atomic E-state index is 0.618. The van der Waals surface area contributed by atoms with E-state index in [-0.39, 0.29) is 0 Å². The topological polar surface area (TPSA) is 25.4 Å². The zero-order valence-electron chi connectivity index (χ0n) is 12.0. The van der Waals surface area contributed by atoms with Crippen molar-refractivity contribution in [3.8, 4) is 16.9 Å². The molecule has 3 aromatic rings. The van der Waals surface area contributed by atoms with Crippen molar-refractivity contribution in [2.45, 2.75) is 6.54 Å².